The minimum atomic E-state index is -0.277. The molecule has 1 aliphatic carbocycles. The van der Waals surface area contributed by atoms with Gasteiger partial charge in [-0.05, 0) is 74.1 Å². The average Bonchev–Trinajstić information content (AvgIpc) is 3.95. The maximum atomic E-state index is 6.99. The number of allylic oxidation sites excluding steroid dienone is 2. The lowest BCUT2D eigenvalue weighted by atomic mass is 9.75. The first-order chi connectivity index (χ1) is 31.7. The zero-order valence-electron chi connectivity index (χ0n) is 34.5. The average molecular weight is 820 g/mol. The maximum absolute atomic E-state index is 6.99. The number of para-hydroxylation sites is 3. The molecule has 300 valence electrons. The number of aromatic nitrogens is 3. The van der Waals surface area contributed by atoms with Gasteiger partial charge in [-0.25, -0.2) is 15.0 Å². The van der Waals surface area contributed by atoms with Crippen molar-refractivity contribution < 1.29 is 9.15 Å². The lowest BCUT2D eigenvalue weighted by Gasteiger charge is -2.29. The minimum absolute atomic E-state index is 0.0836. The van der Waals surface area contributed by atoms with Crippen molar-refractivity contribution in [2.45, 2.75) is 12.0 Å². The van der Waals surface area contributed by atoms with Crippen LogP contribution in [0.1, 0.15) is 22.6 Å². The summed E-state index contributed by atoms with van der Waals surface area (Å²) in [5.41, 5.74) is 12.4. The van der Waals surface area contributed by atoms with E-state index in [1.807, 2.05) is 18.2 Å². The van der Waals surface area contributed by atoms with Crippen LogP contribution in [0.2, 0.25) is 0 Å². The Labute approximate surface area is 369 Å². The molecule has 2 aromatic heterocycles. The molecular formula is C59H37N3O2. The molecule has 0 amide bonds. The standard InChI is InChI=1S/C59H37N3O2/c1-2-13-36(14-3-1)38-25-28-39(29-26-38)57-60-58(42-30-27-37-15-4-5-16-40(37)33-42)62-59(61-57)43-34-41-17-6-7-18-44(41)51(35-43)46-31-32-49(56-54(46)50-20-9-11-24-53(50)64-56)48-22-12-21-47-45-19-8-10-23-52(45)63-55(47)48/h1-35,54,56H. The van der Waals surface area contributed by atoms with Gasteiger partial charge in [0.15, 0.2) is 17.5 Å². The summed E-state index contributed by atoms with van der Waals surface area (Å²) in [4.78, 5) is 15.7. The van der Waals surface area contributed by atoms with Crippen molar-refractivity contribution in [3.63, 3.8) is 0 Å². The van der Waals surface area contributed by atoms with Crippen molar-refractivity contribution in [1.82, 2.24) is 15.0 Å². The van der Waals surface area contributed by atoms with Crippen LogP contribution >= 0.6 is 0 Å². The molecule has 1 aliphatic heterocycles. The van der Waals surface area contributed by atoms with Gasteiger partial charge < -0.3 is 9.15 Å². The van der Waals surface area contributed by atoms with Crippen LogP contribution in [0.25, 0.3) is 99.9 Å². The number of nitrogens with zero attached hydrogens (tertiary/aromatic N) is 3. The second kappa shape index (κ2) is 14.6. The smallest absolute Gasteiger partial charge is 0.164 e. The molecule has 2 aliphatic rings. The highest BCUT2D eigenvalue weighted by molar-refractivity contribution is 6.09. The lowest BCUT2D eigenvalue weighted by Crippen LogP contribution is -2.24. The number of rotatable bonds is 6. The summed E-state index contributed by atoms with van der Waals surface area (Å²) in [5, 5.41) is 6.75. The minimum Gasteiger partial charge on any atom is -0.484 e. The van der Waals surface area contributed by atoms with Crippen molar-refractivity contribution >= 4 is 54.6 Å². The van der Waals surface area contributed by atoms with Crippen molar-refractivity contribution in [2.24, 2.45) is 0 Å². The fourth-order valence-electron chi connectivity index (χ4n) is 9.85. The van der Waals surface area contributed by atoms with Gasteiger partial charge in [0.25, 0.3) is 0 Å². The zero-order chi connectivity index (χ0) is 42.1. The molecule has 0 saturated heterocycles. The molecule has 0 N–H and O–H groups in total. The largest absolute Gasteiger partial charge is 0.484 e. The Morgan fingerprint density at radius 1 is 0.375 bits per heavy atom. The van der Waals surface area contributed by atoms with Gasteiger partial charge in [0.2, 0.25) is 0 Å². The Morgan fingerprint density at radius 2 is 0.984 bits per heavy atom. The first-order valence-electron chi connectivity index (χ1n) is 21.7. The molecule has 9 aromatic carbocycles. The molecule has 2 atom stereocenters. The molecule has 3 heterocycles. The predicted molar refractivity (Wildman–Crippen MR) is 260 cm³/mol. The van der Waals surface area contributed by atoms with E-state index in [4.69, 9.17) is 24.1 Å². The molecule has 13 rings (SSSR count). The van der Waals surface area contributed by atoms with Crippen molar-refractivity contribution in [3.8, 4) is 51.0 Å². The molecule has 11 aromatic rings. The van der Waals surface area contributed by atoms with Crippen molar-refractivity contribution in [2.75, 3.05) is 0 Å². The summed E-state index contributed by atoms with van der Waals surface area (Å²) in [7, 11) is 0. The summed E-state index contributed by atoms with van der Waals surface area (Å²) < 4.78 is 13.6. The van der Waals surface area contributed by atoms with E-state index < -0.39 is 0 Å². The molecule has 64 heavy (non-hydrogen) atoms. The summed E-state index contributed by atoms with van der Waals surface area (Å²) in [6, 6.07) is 70.0. The molecule has 0 radical (unpaired) electrons. The summed E-state index contributed by atoms with van der Waals surface area (Å²) in [6.07, 6.45) is 4.26. The monoisotopic (exact) mass is 819 g/mol. The van der Waals surface area contributed by atoms with Gasteiger partial charge in [-0.1, -0.05) is 182 Å². The van der Waals surface area contributed by atoms with Gasteiger partial charge in [-0.15, -0.1) is 0 Å². The molecule has 5 nitrogen and oxygen atoms in total. The van der Waals surface area contributed by atoms with E-state index in [1.165, 1.54) is 11.0 Å². The predicted octanol–water partition coefficient (Wildman–Crippen LogP) is 14.8. The Kier molecular flexibility index (Phi) is 8.28. The van der Waals surface area contributed by atoms with Crippen LogP contribution in [-0.2, 0) is 0 Å². The van der Waals surface area contributed by atoms with E-state index in [2.05, 4.69) is 194 Å². The molecule has 0 bridgehead atoms. The normalized spacial score (nSPS) is 15.5. The second-order valence-electron chi connectivity index (χ2n) is 16.6. The van der Waals surface area contributed by atoms with Crippen LogP contribution in [0.15, 0.2) is 217 Å². The second-order valence-corrected chi connectivity index (χ2v) is 16.6. The Morgan fingerprint density at radius 3 is 1.84 bits per heavy atom. The highest BCUT2D eigenvalue weighted by atomic mass is 16.5. The van der Waals surface area contributed by atoms with E-state index in [1.54, 1.807) is 0 Å². The molecule has 2 unspecified atom stereocenters. The van der Waals surface area contributed by atoms with Gasteiger partial charge >= 0.3 is 0 Å². The van der Waals surface area contributed by atoms with Crippen LogP contribution in [-0.4, -0.2) is 21.1 Å². The fraction of sp³-hybridized carbons (Fsp3) is 0.0339. The molecule has 0 fully saturated rings. The van der Waals surface area contributed by atoms with E-state index in [-0.39, 0.29) is 12.0 Å². The molecule has 5 heteroatoms. The van der Waals surface area contributed by atoms with Crippen LogP contribution in [0.4, 0.5) is 0 Å². The Bertz CT molecular complexity index is 3720. The quantitative estimate of drug-likeness (QED) is 0.167. The molecule has 0 spiro atoms. The third-order valence-electron chi connectivity index (χ3n) is 12.9. The number of fused-ring (bicyclic) bond motifs is 8. The first-order valence-corrected chi connectivity index (χ1v) is 21.7. The highest BCUT2D eigenvalue weighted by Crippen LogP contribution is 2.54. The summed E-state index contributed by atoms with van der Waals surface area (Å²) >= 11 is 0. The Balaban J connectivity index is 1.00. The van der Waals surface area contributed by atoms with Crippen molar-refractivity contribution in [3.05, 3.63) is 229 Å². The van der Waals surface area contributed by atoms with Crippen LogP contribution < -0.4 is 4.74 Å². The molecule has 0 saturated carbocycles. The van der Waals surface area contributed by atoms with Gasteiger partial charge in [-0.3, -0.25) is 0 Å². The highest BCUT2D eigenvalue weighted by Gasteiger charge is 2.42. The van der Waals surface area contributed by atoms with E-state index in [9.17, 15) is 0 Å². The van der Waals surface area contributed by atoms with Gasteiger partial charge in [-0.2, -0.15) is 0 Å². The zero-order valence-corrected chi connectivity index (χ0v) is 34.5. The summed E-state index contributed by atoms with van der Waals surface area (Å²) in [5.74, 6) is 2.66. The van der Waals surface area contributed by atoms with E-state index in [0.717, 1.165) is 93.9 Å². The SMILES string of the molecule is C1=C(c2cccc3c2oc2ccccc23)C2Oc3ccccc3C2C(c2cc(-c3nc(-c4ccc(-c5ccccc5)cc4)nc(-c4ccc5ccccc5c4)n3)cc3ccccc23)=C1. The van der Waals surface area contributed by atoms with Gasteiger partial charge in [0, 0.05) is 44.2 Å². The number of ether oxygens (including phenoxy) is 1. The van der Waals surface area contributed by atoms with E-state index in [0.29, 0.717) is 17.5 Å². The number of benzene rings is 9. The number of furan rings is 1. The topological polar surface area (TPSA) is 61.0 Å². The molecular weight excluding hydrogens is 783 g/mol. The van der Waals surface area contributed by atoms with Crippen LogP contribution in [0, 0.1) is 0 Å². The third-order valence-corrected chi connectivity index (χ3v) is 12.9. The van der Waals surface area contributed by atoms with Crippen molar-refractivity contribution in [1.29, 1.82) is 0 Å². The van der Waals surface area contributed by atoms with Crippen LogP contribution in [0.3, 0.4) is 0 Å². The number of hydrogen-bond acceptors (Lipinski definition) is 5. The van der Waals surface area contributed by atoms with Gasteiger partial charge in [0.05, 0.1) is 5.92 Å². The van der Waals surface area contributed by atoms with Crippen LogP contribution in [0.5, 0.6) is 5.75 Å². The van der Waals surface area contributed by atoms with E-state index >= 15 is 0 Å². The van der Waals surface area contributed by atoms with Gasteiger partial charge in [0.1, 0.15) is 23.0 Å². The lowest BCUT2D eigenvalue weighted by molar-refractivity contribution is 0.281. The summed E-state index contributed by atoms with van der Waals surface area (Å²) in [6.45, 7) is 0. The Hall–Kier alpha value is -8.41. The third kappa shape index (κ3) is 5.97. The first kappa shape index (κ1) is 36.3. The maximum Gasteiger partial charge on any atom is 0.164 e. The number of hydrogen-bond donors (Lipinski definition) is 0. The fourth-order valence-corrected chi connectivity index (χ4v) is 9.85.